The molecule has 3 aromatic rings. The molecule has 6 heteroatoms. The lowest BCUT2D eigenvalue weighted by Crippen LogP contribution is -2.32. The summed E-state index contributed by atoms with van der Waals surface area (Å²) in [7, 11) is 0. The fourth-order valence-electron chi connectivity index (χ4n) is 3.82. The van der Waals surface area contributed by atoms with Crippen LogP contribution in [0.5, 0.6) is 0 Å². The Bertz CT molecular complexity index is 966. The Morgan fingerprint density at radius 3 is 2.82 bits per heavy atom. The molecule has 28 heavy (non-hydrogen) atoms. The highest BCUT2D eigenvalue weighted by Crippen LogP contribution is 2.37. The first-order chi connectivity index (χ1) is 13.6. The van der Waals surface area contributed by atoms with E-state index in [-0.39, 0.29) is 5.60 Å². The second-order valence-electron chi connectivity index (χ2n) is 8.37. The van der Waals surface area contributed by atoms with Gasteiger partial charge in [0.05, 0.1) is 28.1 Å². The number of rotatable bonds is 8. The Balaban J connectivity index is 1.53. The van der Waals surface area contributed by atoms with Crippen molar-refractivity contribution in [3.8, 4) is 0 Å². The molecule has 0 radical (unpaired) electrons. The maximum atomic E-state index is 5.97. The molecule has 1 N–H and O–H groups in total. The van der Waals surface area contributed by atoms with Crippen LogP contribution in [0.3, 0.4) is 0 Å². The number of nitrogens with zero attached hydrogens (tertiary/aromatic N) is 3. The van der Waals surface area contributed by atoms with E-state index in [1.54, 1.807) is 17.7 Å². The van der Waals surface area contributed by atoms with E-state index in [0.29, 0.717) is 6.61 Å². The van der Waals surface area contributed by atoms with E-state index in [0.717, 1.165) is 44.9 Å². The van der Waals surface area contributed by atoms with Gasteiger partial charge in [0.15, 0.2) is 0 Å². The standard InChI is InChI=1S/C22H30N4OS/c1-4-5-6-7-8-9-10-23-20-19-18(24-14-25-20)16-11-15-13-27-22(2,3)12-17(15)26-21(16)28-19/h11,14H,4-10,12-13H2,1-3H3,(H,23,24,25). The molecule has 0 fully saturated rings. The highest BCUT2D eigenvalue weighted by atomic mass is 32.1. The minimum Gasteiger partial charge on any atom is -0.370 e. The van der Waals surface area contributed by atoms with Gasteiger partial charge in [0, 0.05) is 23.9 Å². The molecule has 0 bridgehead atoms. The zero-order valence-corrected chi connectivity index (χ0v) is 18.0. The number of ether oxygens (including phenoxy) is 1. The molecule has 5 nitrogen and oxygen atoms in total. The zero-order valence-electron chi connectivity index (χ0n) is 17.2. The Morgan fingerprint density at radius 1 is 1.14 bits per heavy atom. The predicted octanol–water partition coefficient (Wildman–Crippen LogP) is 5.86. The number of hydrogen-bond acceptors (Lipinski definition) is 6. The van der Waals surface area contributed by atoms with Crippen molar-refractivity contribution >= 4 is 37.6 Å². The number of anilines is 1. The van der Waals surface area contributed by atoms with Crippen molar-refractivity contribution in [3.05, 3.63) is 23.7 Å². The monoisotopic (exact) mass is 398 g/mol. The summed E-state index contributed by atoms with van der Waals surface area (Å²) in [6.07, 6.45) is 10.3. The number of fused-ring (bicyclic) bond motifs is 4. The second-order valence-corrected chi connectivity index (χ2v) is 9.37. The van der Waals surface area contributed by atoms with Crippen molar-refractivity contribution in [1.82, 2.24) is 15.0 Å². The topological polar surface area (TPSA) is 59.9 Å². The van der Waals surface area contributed by atoms with Gasteiger partial charge in [0.1, 0.15) is 17.0 Å². The normalized spacial score (nSPS) is 15.8. The summed E-state index contributed by atoms with van der Waals surface area (Å²) in [4.78, 5) is 15.1. The molecule has 0 aliphatic carbocycles. The lowest BCUT2D eigenvalue weighted by Gasteiger charge is -2.30. The van der Waals surface area contributed by atoms with E-state index in [2.05, 4.69) is 42.1 Å². The van der Waals surface area contributed by atoms with E-state index in [1.807, 2.05) is 0 Å². The van der Waals surface area contributed by atoms with Gasteiger partial charge in [-0.25, -0.2) is 15.0 Å². The number of nitrogens with one attached hydrogen (secondary N) is 1. The zero-order chi connectivity index (χ0) is 19.6. The molecule has 0 atom stereocenters. The van der Waals surface area contributed by atoms with Gasteiger partial charge in [0.25, 0.3) is 0 Å². The molecule has 0 aromatic carbocycles. The quantitative estimate of drug-likeness (QED) is 0.481. The molecule has 1 aliphatic rings. The molecule has 150 valence electrons. The molecule has 0 saturated carbocycles. The van der Waals surface area contributed by atoms with Gasteiger partial charge < -0.3 is 10.1 Å². The third-order valence-electron chi connectivity index (χ3n) is 5.45. The number of unbranched alkanes of at least 4 members (excludes halogenated alkanes) is 5. The lowest BCUT2D eigenvalue weighted by molar-refractivity contribution is -0.0411. The molecule has 3 aromatic heterocycles. The van der Waals surface area contributed by atoms with E-state index in [9.17, 15) is 0 Å². The minimum atomic E-state index is -0.145. The molecular formula is C22H30N4OS. The first-order valence-corrected chi connectivity index (χ1v) is 11.3. The molecule has 4 rings (SSSR count). The summed E-state index contributed by atoms with van der Waals surface area (Å²) in [5, 5.41) is 4.65. The summed E-state index contributed by atoms with van der Waals surface area (Å²) in [5.74, 6) is 0.941. The van der Waals surface area contributed by atoms with Crippen LogP contribution in [0.1, 0.15) is 70.6 Å². The van der Waals surface area contributed by atoms with E-state index < -0.39 is 0 Å². The van der Waals surface area contributed by atoms with Crippen LogP contribution in [0, 0.1) is 0 Å². The van der Waals surface area contributed by atoms with Crippen LogP contribution < -0.4 is 5.32 Å². The van der Waals surface area contributed by atoms with Gasteiger partial charge in [-0.05, 0) is 26.3 Å². The van der Waals surface area contributed by atoms with Crippen LogP contribution in [0.4, 0.5) is 5.82 Å². The van der Waals surface area contributed by atoms with Crippen molar-refractivity contribution in [1.29, 1.82) is 0 Å². The molecule has 0 spiro atoms. The van der Waals surface area contributed by atoms with Crippen molar-refractivity contribution in [2.45, 2.75) is 77.9 Å². The Labute approximate surface area is 170 Å². The SMILES string of the molecule is CCCCCCCCNc1ncnc2c1sc1nc3c(cc12)COC(C)(C)C3. The van der Waals surface area contributed by atoms with Crippen molar-refractivity contribution < 1.29 is 4.74 Å². The minimum absolute atomic E-state index is 0.145. The summed E-state index contributed by atoms with van der Waals surface area (Å²) in [6.45, 7) is 8.09. The fraction of sp³-hybridized carbons (Fsp3) is 0.591. The van der Waals surface area contributed by atoms with Crippen molar-refractivity contribution in [2.24, 2.45) is 0 Å². The van der Waals surface area contributed by atoms with E-state index in [4.69, 9.17) is 9.72 Å². The third-order valence-corrected chi connectivity index (χ3v) is 6.54. The fourth-order valence-corrected chi connectivity index (χ4v) is 4.92. The van der Waals surface area contributed by atoms with Gasteiger partial charge in [-0.3, -0.25) is 0 Å². The predicted molar refractivity (Wildman–Crippen MR) is 117 cm³/mol. The number of thiophene rings is 1. The molecule has 0 saturated heterocycles. The Hall–Kier alpha value is -1.79. The summed E-state index contributed by atoms with van der Waals surface area (Å²) in [5.41, 5.74) is 3.20. The highest BCUT2D eigenvalue weighted by molar-refractivity contribution is 7.25. The number of pyridine rings is 1. The van der Waals surface area contributed by atoms with Crippen LogP contribution in [0.25, 0.3) is 20.4 Å². The van der Waals surface area contributed by atoms with Crippen molar-refractivity contribution in [3.63, 3.8) is 0 Å². The van der Waals surface area contributed by atoms with Crippen LogP contribution in [-0.2, 0) is 17.8 Å². The van der Waals surface area contributed by atoms with Crippen molar-refractivity contribution in [2.75, 3.05) is 11.9 Å². The van der Waals surface area contributed by atoms with Crippen LogP contribution in [-0.4, -0.2) is 27.1 Å². The third kappa shape index (κ3) is 4.13. The molecule has 0 amide bonds. The summed E-state index contributed by atoms with van der Waals surface area (Å²) in [6, 6.07) is 2.22. The maximum absolute atomic E-state index is 5.97. The van der Waals surface area contributed by atoms with Gasteiger partial charge in [-0.2, -0.15) is 0 Å². The first kappa shape index (κ1) is 19.5. The highest BCUT2D eigenvalue weighted by Gasteiger charge is 2.28. The summed E-state index contributed by atoms with van der Waals surface area (Å²) < 4.78 is 7.08. The average Bonchev–Trinajstić information content (AvgIpc) is 3.03. The number of hydrogen-bond donors (Lipinski definition) is 1. The molecule has 4 heterocycles. The number of aromatic nitrogens is 3. The molecular weight excluding hydrogens is 368 g/mol. The smallest absolute Gasteiger partial charge is 0.147 e. The van der Waals surface area contributed by atoms with Gasteiger partial charge in [-0.15, -0.1) is 11.3 Å². The van der Waals surface area contributed by atoms with E-state index >= 15 is 0 Å². The Morgan fingerprint density at radius 2 is 1.96 bits per heavy atom. The molecule has 1 aliphatic heterocycles. The summed E-state index contributed by atoms with van der Waals surface area (Å²) >= 11 is 1.70. The lowest BCUT2D eigenvalue weighted by atomic mass is 9.95. The first-order valence-electron chi connectivity index (χ1n) is 10.5. The van der Waals surface area contributed by atoms with Crippen LogP contribution >= 0.6 is 11.3 Å². The Kier molecular flexibility index (Phi) is 5.78. The second kappa shape index (κ2) is 8.29. The largest absolute Gasteiger partial charge is 0.370 e. The van der Waals surface area contributed by atoms with Crippen LogP contribution in [0.2, 0.25) is 0 Å². The average molecular weight is 399 g/mol. The molecule has 0 unspecified atom stereocenters. The van der Waals surface area contributed by atoms with Gasteiger partial charge in [-0.1, -0.05) is 39.0 Å². The van der Waals surface area contributed by atoms with Crippen LogP contribution in [0.15, 0.2) is 12.4 Å². The van der Waals surface area contributed by atoms with E-state index in [1.165, 1.54) is 44.1 Å². The maximum Gasteiger partial charge on any atom is 0.147 e. The van der Waals surface area contributed by atoms with Gasteiger partial charge >= 0.3 is 0 Å². The van der Waals surface area contributed by atoms with Gasteiger partial charge in [0.2, 0.25) is 0 Å².